The van der Waals surface area contributed by atoms with Gasteiger partial charge in [0.2, 0.25) is 0 Å². The zero-order chi connectivity index (χ0) is 10.7. The van der Waals surface area contributed by atoms with Gasteiger partial charge in [0, 0.05) is 25.7 Å². The highest BCUT2D eigenvalue weighted by Gasteiger charge is 2.33. The topological polar surface area (TPSA) is 44.4 Å². The Labute approximate surface area is 91.4 Å². The van der Waals surface area contributed by atoms with Gasteiger partial charge < -0.3 is 15.5 Å². The third-order valence-electron chi connectivity index (χ3n) is 3.49. The molecule has 0 aromatic heterocycles. The fourth-order valence-corrected chi connectivity index (χ4v) is 2.56. The quantitative estimate of drug-likeness (QED) is 0.709. The molecular weight excluding hydrogens is 190 g/mol. The van der Waals surface area contributed by atoms with Gasteiger partial charge in [-0.15, -0.1) is 0 Å². The van der Waals surface area contributed by atoms with Crippen LogP contribution in [0.25, 0.3) is 0 Å². The summed E-state index contributed by atoms with van der Waals surface area (Å²) in [5.41, 5.74) is 0. The van der Waals surface area contributed by atoms with Gasteiger partial charge in [0.1, 0.15) is 0 Å². The molecule has 0 aromatic carbocycles. The van der Waals surface area contributed by atoms with Gasteiger partial charge in [0.05, 0.1) is 0 Å². The van der Waals surface area contributed by atoms with Gasteiger partial charge in [-0.3, -0.25) is 0 Å². The largest absolute Gasteiger partial charge is 0.338 e. The third kappa shape index (κ3) is 2.43. The summed E-state index contributed by atoms with van der Waals surface area (Å²) in [6.45, 7) is 5.81. The number of carbonyl (C=O) groups excluding carboxylic acids is 1. The molecule has 0 bridgehead atoms. The van der Waals surface area contributed by atoms with Crippen LogP contribution in [0.3, 0.4) is 0 Å². The second-order valence-corrected chi connectivity index (χ2v) is 4.58. The molecule has 0 unspecified atom stereocenters. The van der Waals surface area contributed by atoms with E-state index in [1.54, 1.807) is 0 Å². The van der Waals surface area contributed by atoms with Gasteiger partial charge in [-0.05, 0) is 31.7 Å². The number of piperidine rings is 1. The Morgan fingerprint density at radius 2 is 2.40 bits per heavy atom. The number of likely N-dealkylation sites (tertiary alicyclic amines) is 1. The second kappa shape index (κ2) is 4.84. The smallest absolute Gasteiger partial charge is 0.317 e. The van der Waals surface area contributed by atoms with E-state index in [0.29, 0.717) is 6.04 Å². The van der Waals surface area contributed by atoms with Crippen LogP contribution in [0.15, 0.2) is 0 Å². The Bertz CT molecular complexity index is 232. The Hall–Kier alpha value is -0.770. The molecule has 2 amide bonds. The molecule has 2 saturated heterocycles. The van der Waals surface area contributed by atoms with Crippen molar-refractivity contribution in [3.05, 3.63) is 0 Å². The van der Waals surface area contributed by atoms with Crippen LogP contribution in [0.5, 0.6) is 0 Å². The third-order valence-corrected chi connectivity index (χ3v) is 3.49. The molecule has 0 spiro atoms. The Balaban J connectivity index is 1.81. The first kappa shape index (κ1) is 10.7. The summed E-state index contributed by atoms with van der Waals surface area (Å²) in [6.07, 6.45) is 3.45. The van der Waals surface area contributed by atoms with Crippen molar-refractivity contribution >= 4 is 6.03 Å². The zero-order valence-electron chi connectivity index (χ0n) is 9.46. The minimum atomic E-state index is 0.115. The summed E-state index contributed by atoms with van der Waals surface area (Å²) in [6, 6.07) is 0.662. The van der Waals surface area contributed by atoms with Crippen LogP contribution in [0, 0.1) is 5.92 Å². The highest BCUT2D eigenvalue weighted by Crippen LogP contribution is 2.24. The monoisotopic (exact) mass is 211 g/mol. The number of rotatable bonds is 2. The number of hydrogen-bond acceptors (Lipinski definition) is 2. The van der Waals surface area contributed by atoms with Gasteiger partial charge in [-0.25, -0.2) is 4.79 Å². The van der Waals surface area contributed by atoms with E-state index >= 15 is 0 Å². The van der Waals surface area contributed by atoms with Crippen LogP contribution in [0.2, 0.25) is 0 Å². The Morgan fingerprint density at radius 1 is 1.53 bits per heavy atom. The number of urea groups is 1. The minimum absolute atomic E-state index is 0.115. The van der Waals surface area contributed by atoms with E-state index in [2.05, 4.69) is 17.6 Å². The summed E-state index contributed by atoms with van der Waals surface area (Å²) < 4.78 is 0. The summed E-state index contributed by atoms with van der Waals surface area (Å²) in [7, 11) is 0. The molecule has 4 heteroatoms. The lowest BCUT2D eigenvalue weighted by Crippen LogP contribution is -2.51. The van der Waals surface area contributed by atoms with Crippen molar-refractivity contribution in [2.75, 3.05) is 26.2 Å². The molecule has 2 aliphatic heterocycles. The maximum atomic E-state index is 11.7. The van der Waals surface area contributed by atoms with Gasteiger partial charge in [-0.1, -0.05) is 6.92 Å². The van der Waals surface area contributed by atoms with Crippen LogP contribution >= 0.6 is 0 Å². The highest BCUT2D eigenvalue weighted by molar-refractivity contribution is 5.74. The van der Waals surface area contributed by atoms with Crippen molar-refractivity contribution in [2.45, 2.75) is 32.2 Å². The van der Waals surface area contributed by atoms with Crippen LogP contribution in [-0.2, 0) is 0 Å². The van der Waals surface area contributed by atoms with Crippen molar-refractivity contribution in [1.82, 2.24) is 15.5 Å². The molecule has 0 saturated carbocycles. The molecule has 2 rings (SSSR count). The molecule has 0 radical (unpaired) electrons. The van der Waals surface area contributed by atoms with Crippen LogP contribution in [0.4, 0.5) is 4.79 Å². The summed E-state index contributed by atoms with van der Waals surface area (Å²) in [5, 5.41) is 6.42. The van der Waals surface area contributed by atoms with E-state index in [1.165, 1.54) is 6.42 Å². The number of carbonyl (C=O) groups is 1. The lowest BCUT2D eigenvalue weighted by atomic mass is 9.93. The normalized spacial score (nSPS) is 30.1. The van der Waals surface area contributed by atoms with E-state index < -0.39 is 0 Å². The van der Waals surface area contributed by atoms with Crippen LogP contribution < -0.4 is 10.6 Å². The maximum absolute atomic E-state index is 11.7. The number of nitrogens with one attached hydrogen (secondary N) is 2. The summed E-state index contributed by atoms with van der Waals surface area (Å²) >= 11 is 0. The fourth-order valence-electron chi connectivity index (χ4n) is 2.56. The maximum Gasteiger partial charge on any atom is 0.317 e. The zero-order valence-corrected chi connectivity index (χ0v) is 9.46. The highest BCUT2D eigenvalue weighted by atomic mass is 16.2. The van der Waals surface area contributed by atoms with Crippen molar-refractivity contribution in [3.63, 3.8) is 0 Å². The molecule has 15 heavy (non-hydrogen) atoms. The number of nitrogens with zero attached hydrogens (tertiary/aromatic N) is 1. The molecule has 2 heterocycles. The van der Waals surface area contributed by atoms with Crippen molar-refractivity contribution < 1.29 is 4.79 Å². The second-order valence-electron chi connectivity index (χ2n) is 4.58. The van der Waals surface area contributed by atoms with Gasteiger partial charge in [-0.2, -0.15) is 0 Å². The number of fused-ring (bicyclic) bond motifs is 1. The fraction of sp³-hybridized carbons (Fsp3) is 0.909. The van der Waals surface area contributed by atoms with E-state index in [9.17, 15) is 4.79 Å². The first-order valence-electron chi connectivity index (χ1n) is 6.07. The van der Waals surface area contributed by atoms with E-state index in [4.69, 9.17) is 0 Å². The summed E-state index contributed by atoms with van der Waals surface area (Å²) in [5.74, 6) is 0.806. The van der Waals surface area contributed by atoms with E-state index in [0.717, 1.165) is 44.9 Å². The number of amides is 2. The van der Waals surface area contributed by atoms with Gasteiger partial charge in [0.15, 0.2) is 0 Å². The van der Waals surface area contributed by atoms with Crippen LogP contribution in [0.1, 0.15) is 26.2 Å². The summed E-state index contributed by atoms with van der Waals surface area (Å²) in [4.78, 5) is 13.7. The van der Waals surface area contributed by atoms with Crippen LogP contribution in [-0.4, -0.2) is 43.2 Å². The molecule has 86 valence electrons. The average molecular weight is 211 g/mol. The number of hydrogen-bond donors (Lipinski definition) is 2. The van der Waals surface area contributed by atoms with Crippen molar-refractivity contribution in [1.29, 1.82) is 0 Å². The predicted molar refractivity (Wildman–Crippen MR) is 59.8 cm³/mol. The molecule has 2 atom stereocenters. The lowest BCUT2D eigenvalue weighted by Gasteiger charge is -2.34. The first-order chi connectivity index (χ1) is 7.31. The molecule has 2 aliphatic rings. The van der Waals surface area contributed by atoms with E-state index in [-0.39, 0.29) is 6.03 Å². The SMILES string of the molecule is CCCNC(=O)N1CC[C@@H]2CCN[C@@H]2C1. The van der Waals surface area contributed by atoms with Gasteiger partial charge in [0.25, 0.3) is 0 Å². The van der Waals surface area contributed by atoms with Crippen molar-refractivity contribution in [3.8, 4) is 0 Å². The lowest BCUT2D eigenvalue weighted by molar-refractivity contribution is 0.161. The van der Waals surface area contributed by atoms with Crippen molar-refractivity contribution in [2.24, 2.45) is 5.92 Å². The molecule has 0 aliphatic carbocycles. The Morgan fingerprint density at radius 3 is 3.20 bits per heavy atom. The Kier molecular flexibility index (Phi) is 3.46. The minimum Gasteiger partial charge on any atom is -0.338 e. The first-order valence-corrected chi connectivity index (χ1v) is 6.07. The predicted octanol–water partition coefficient (Wildman–Crippen LogP) is 0.790. The average Bonchev–Trinajstić information content (AvgIpc) is 2.72. The standard InChI is InChI=1S/C11H21N3O/c1-2-5-13-11(15)14-7-4-9-3-6-12-10(9)8-14/h9-10,12H,2-8H2,1H3,(H,13,15)/t9-,10+/m0/s1. The molecular formula is C11H21N3O. The molecule has 2 fully saturated rings. The van der Waals surface area contributed by atoms with E-state index in [1.807, 2.05) is 4.90 Å². The molecule has 4 nitrogen and oxygen atoms in total. The van der Waals surface area contributed by atoms with Gasteiger partial charge >= 0.3 is 6.03 Å². The molecule has 2 N–H and O–H groups in total. The molecule has 0 aromatic rings.